The first kappa shape index (κ1) is 25.9. The molecule has 0 bridgehead atoms. The maximum Gasteiger partial charge on any atom is 0.139 e. The Hall–Kier alpha value is -3.72. The number of aromatic nitrogens is 4. The fourth-order valence-corrected chi connectivity index (χ4v) is 4.99. The highest BCUT2D eigenvalue weighted by molar-refractivity contribution is 5.82. The molecule has 0 unspecified atom stereocenters. The van der Waals surface area contributed by atoms with Gasteiger partial charge in [0.2, 0.25) is 0 Å². The SMILES string of the molecule is COCCN1C[C@@H](CC(=O)Cc2c(C)c(-c3cnc(C)nc3)nn2-c2ccccc2)[C@H](c2ccccc2)O1. The van der Waals surface area contributed by atoms with Gasteiger partial charge < -0.3 is 4.74 Å². The van der Waals surface area contributed by atoms with E-state index in [1.54, 1.807) is 19.5 Å². The number of ether oxygens (including phenoxy) is 1. The summed E-state index contributed by atoms with van der Waals surface area (Å²) >= 11 is 0. The van der Waals surface area contributed by atoms with Gasteiger partial charge in [-0.1, -0.05) is 48.5 Å². The van der Waals surface area contributed by atoms with E-state index < -0.39 is 0 Å². The molecule has 0 aliphatic carbocycles. The number of Topliss-reactive ketones (excluding diaryl/α,β-unsaturated/α-hetero) is 1. The summed E-state index contributed by atoms with van der Waals surface area (Å²) in [4.78, 5) is 28.6. The monoisotopic (exact) mass is 511 g/mol. The van der Waals surface area contributed by atoms with E-state index in [9.17, 15) is 4.79 Å². The van der Waals surface area contributed by atoms with Crippen molar-refractivity contribution in [3.8, 4) is 16.9 Å². The quantitative estimate of drug-likeness (QED) is 0.305. The molecule has 0 spiro atoms. The van der Waals surface area contributed by atoms with Crippen LogP contribution >= 0.6 is 0 Å². The Morgan fingerprint density at radius 3 is 2.39 bits per heavy atom. The Labute approximate surface area is 223 Å². The summed E-state index contributed by atoms with van der Waals surface area (Å²) in [6.45, 7) is 5.78. The molecule has 1 saturated heterocycles. The number of ketones is 1. The first-order valence-electron chi connectivity index (χ1n) is 12.9. The largest absolute Gasteiger partial charge is 0.383 e. The van der Waals surface area contributed by atoms with Crippen LogP contribution in [0, 0.1) is 19.8 Å². The number of hydroxylamine groups is 2. The zero-order chi connectivity index (χ0) is 26.5. The molecule has 0 amide bonds. The first-order valence-corrected chi connectivity index (χ1v) is 12.9. The third-order valence-electron chi connectivity index (χ3n) is 6.96. The second-order valence-corrected chi connectivity index (χ2v) is 9.68. The van der Waals surface area contributed by atoms with Crippen molar-refractivity contribution in [3.63, 3.8) is 0 Å². The number of carbonyl (C=O) groups excluding carboxylic acids is 1. The van der Waals surface area contributed by atoms with Gasteiger partial charge >= 0.3 is 0 Å². The molecule has 8 heteroatoms. The van der Waals surface area contributed by atoms with Crippen molar-refractivity contribution in [1.29, 1.82) is 0 Å². The molecule has 196 valence electrons. The number of rotatable bonds is 10. The number of carbonyl (C=O) groups is 1. The molecule has 3 heterocycles. The van der Waals surface area contributed by atoms with Crippen LogP contribution in [-0.2, 0) is 20.8 Å². The Bertz CT molecular complexity index is 1360. The van der Waals surface area contributed by atoms with Crippen LogP contribution in [0.15, 0.2) is 73.1 Å². The lowest BCUT2D eigenvalue weighted by Gasteiger charge is -2.18. The standard InChI is InChI=1S/C30H33N5O3/c1-21-28(35(26-12-8-5-9-13-26)33-29(21)25-18-31-22(2)32-19-25)17-27(36)16-24-20-34(14-15-37-3)38-30(24)23-10-6-4-7-11-23/h4-13,18-19,24,30H,14-17,20H2,1-3H3/t24-,30+/m1/s1. The molecular formula is C30H33N5O3. The molecule has 2 aromatic carbocycles. The van der Waals surface area contributed by atoms with Crippen molar-refractivity contribution in [1.82, 2.24) is 24.8 Å². The second-order valence-electron chi connectivity index (χ2n) is 9.68. The molecule has 2 atom stereocenters. The van der Waals surface area contributed by atoms with Crippen molar-refractivity contribution in [2.24, 2.45) is 5.92 Å². The minimum atomic E-state index is -0.169. The molecule has 2 aromatic heterocycles. The smallest absolute Gasteiger partial charge is 0.139 e. The summed E-state index contributed by atoms with van der Waals surface area (Å²) < 4.78 is 7.13. The molecule has 5 rings (SSSR count). The molecule has 1 aliphatic heterocycles. The molecule has 4 aromatic rings. The van der Waals surface area contributed by atoms with Crippen LogP contribution in [-0.4, -0.2) is 57.4 Å². The summed E-state index contributed by atoms with van der Waals surface area (Å²) in [6.07, 6.45) is 4.08. The number of methoxy groups -OCH3 is 1. The summed E-state index contributed by atoms with van der Waals surface area (Å²) in [6, 6.07) is 20.0. The van der Waals surface area contributed by atoms with Gasteiger partial charge in [-0.25, -0.2) is 14.6 Å². The predicted octanol–water partition coefficient (Wildman–Crippen LogP) is 4.70. The average molecular weight is 512 g/mol. The van der Waals surface area contributed by atoms with Gasteiger partial charge in [0.15, 0.2) is 0 Å². The number of benzene rings is 2. The Morgan fingerprint density at radius 1 is 1.03 bits per heavy atom. The Kier molecular flexibility index (Phi) is 8.03. The van der Waals surface area contributed by atoms with E-state index in [-0.39, 0.29) is 24.2 Å². The van der Waals surface area contributed by atoms with Crippen LogP contribution in [0.3, 0.4) is 0 Å². The predicted molar refractivity (Wildman–Crippen MR) is 145 cm³/mol. The fourth-order valence-electron chi connectivity index (χ4n) is 4.99. The molecule has 0 saturated carbocycles. The van der Waals surface area contributed by atoms with Crippen LogP contribution in [0.5, 0.6) is 0 Å². The van der Waals surface area contributed by atoms with E-state index in [4.69, 9.17) is 14.7 Å². The fraction of sp³-hybridized carbons (Fsp3) is 0.333. The summed E-state index contributed by atoms with van der Waals surface area (Å²) in [5, 5.41) is 6.84. The maximum absolute atomic E-state index is 13.6. The average Bonchev–Trinajstić information content (AvgIpc) is 3.49. The van der Waals surface area contributed by atoms with Crippen LogP contribution < -0.4 is 0 Å². The number of hydrogen-bond acceptors (Lipinski definition) is 7. The van der Waals surface area contributed by atoms with Gasteiger partial charge in [-0.15, -0.1) is 0 Å². The van der Waals surface area contributed by atoms with Crippen molar-refractivity contribution in [2.45, 2.75) is 32.8 Å². The van der Waals surface area contributed by atoms with Gasteiger partial charge in [0.25, 0.3) is 0 Å². The molecule has 38 heavy (non-hydrogen) atoms. The highest BCUT2D eigenvalue weighted by Crippen LogP contribution is 2.36. The highest BCUT2D eigenvalue weighted by atomic mass is 16.7. The van der Waals surface area contributed by atoms with Crippen LogP contribution in [0.2, 0.25) is 0 Å². The van der Waals surface area contributed by atoms with Crippen molar-refractivity contribution >= 4 is 5.78 Å². The minimum Gasteiger partial charge on any atom is -0.383 e. The summed E-state index contributed by atoms with van der Waals surface area (Å²) in [5.41, 5.74) is 5.45. The van der Waals surface area contributed by atoms with Crippen LogP contribution in [0.1, 0.15) is 35.2 Å². The number of hydrogen-bond donors (Lipinski definition) is 0. The van der Waals surface area contributed by atoms with Gasteiger partial charge in [-0.2, -0.15) is 10.2 Å². The normalized spacial score (nSPS) is 17.7. The second kappa shape index (κ2) is 11.8. The highest BCUT2D eigenvalue weighted by Gasteiger charge is 2.36. The zero-order valence-electron chi connectivity index (χ0n) is 22.1. The number of aryl methyl sites for hydroxylation is 1. The van der Waals surface area contributed by atoms with Crippen molar-refractivity contribution < 1.29 is 14.4 Å². The maximum atomic E-state index is 13.6. The first-order chi connectivity index (χ1) is 18.5. The van der Waals surface area contributed by atoms with E-state index in [2.05, 4.69) is 22.1 Å². The molecular weight excluding hydrogens is 478 g/mol. The van der Waals surface area contributed by atoms with Crippen molar-refractivity contribution in [2.75, 3.05) is 26.8 Å². The minimum absolute atomic E-state index is 0.0418. The topological polar surface area (TPSA) is 82.4 Å². The van der Waals surface area contributed by atoms with Gasteiger partial charge in [0, 0.05) is 56.9 Å². The van der Waals surface area contributed by atoms with E-state index in [1.165, 1.54) is 0 Å². The van der Waals surface area contributed by atoms with E-state index in [0.717, 1.165) is 33.8 Å². The number of nitrogens with zero attached hydrogens (tertiary/aromatic N) is 5. The van der Waals surface area contributed by atoms with Gasteiger partial charge in [-0.05, 0) is 37.1 Å². The van der Waals surface area contributed by atoms with Gasteiger partial charge in [0.1, 0.15) is 17.7 Å². The third-order valence-corrected chi connectivity index (χ3v) is 6.96. The molecule has 0 N–H and O–H groups in total. The van der Waals surface area contributed by atoms with Crippen LogP contribution in [0.4, 0.5) is 0 Å². The lowest BCUT2D eigenvalue weighted by molar-refractivity contribution is -0.155. The lowest BCUT2D eigenvalue weighted by atomic mass is 9.90. The van der Waals surface area contributed by atoms with Gasteiger partial charge in [-0.3, -0.25) is 9.63 Å². The van der Waals surface area contributed by atoms with Gasteiger partial charge in [0.05, 0.1) is 23.7 Å². The van der Waals surface area contributed by atoms with Crippen molar-refractivity contribution in [3.05, 3.63) is 95.7 Å². The van der Waals surface area contributed by atoms with E-state index >= 15 is 0 Å². The lowest BCUT2D eigenvalue weighted by Crippen LogP contribution is -2.24. The molecule has 1 aliphatic rings. The Balaban J connectivity index is 1.41. The van der Waals surface area contributed by atoms with Crippen LogP contribution in [0.25, 0.3) is 16.9 Å². The molecule has 0 radical (unpaired) electrons. The number of para-hydroxylation sites is 1. The Morgan fingerprint density at radius 2 is 1.71 bits per heavy atom. The van der Waals surface area contributed by atoms with E-state index in [0.29, 0.717) is 31.9 Å². The third kappa shape index (κ3) is 5.72. The molecule has 1 fully saturated rings. The zero-order valence-corrected chi connectivity index (χ0v) is 22.1. The summed E-state index contributed by atoms with van der Waals surface area (Å²) in [5.74, 6) is 0.899. The van der Waals surface area contributed by atoms with E-state index in [1.807, 2.05) is 72.1 Å². The summed E-state index contributed by atoms with van der Waals surface area (Å²) in [7, 11) is 1.68. The molecule has 8 nitrogen and oxygen atoms in total.